The second kappa shape index (κ2) is 11.0. The average molecular weight is 571 g/mol. The zero-order valence-electron chi connectivity index (χ0n) is 16.8. The number of carbonyl (C=O) groups excluding carboxylic acids is 1. The Labute approximate surface area is 198 Å². The first-order valence-electron chi connectivity index (χ1n) is 9.58. The normalized spacial score (nSPS) is 14.5. The molecule has 0 aromatic heterocycles. The molecule has 1 saturated carbocycles. The van der Waals surface area contributed by atoms with E-state index in [0.717, 1.165) is 35.5 Å². The van der Waals surface area contributed by atoms with Crippen molar-refractivity contribution in [1.29, 1.82) is 0 Å². The van der Waals surface area contributed by atoms with Gasteiger partial charge in [-0.3, -0.25) is 9.79 Å². The molecule has 0 spiro atoms. The summed E-state index contributed by atoms with van der Waals surface area (Å²) in [5.41, 5.74) is 3.39. The van der Waals surface area contributed by atoms with Crippen LogP contribution in [0, 0.1) is 0 Å². The van der Waals surface area contributed by atoms with Crippen molar-refractivity contribution in [3.63, 3.8) is 0 Å². The van der Waals surface area contributed by atoms with E-state index in [1.807, 2.05) is 24.3 Å². The predicted molar refractivity (Wildman–Crippen MR) is 133 cm³/mol. The van der Waals surface area contributed by atoms with Gasteiger partial charge in [-0.15, -0.1) is 24.0 Å². The molecule has 1 amide bonds. The molecular weight excluding hydrogens is 543 g/mol. The van der Waals surface area contributed by atoms with E-state index in [2.05, 4.69) is 61.1 Å². The SMILES string of the molecule is CN=C(NCCc1cccc(C(=O)NC)c1)NCC1(c2cccc(Br)c2)CC1.I. The number of nitrogens with one attached hydrogen (secondary N) is 3. The number of aliphatic imine (C=N–C) groups is 1. The van der Waals surface area contributed by atoms with Crippen LogP contribution >= 0.6 is 39.9 Å². The number of hydrogen-bond donors (Lipinski definition) is 3. The third kappa shape index (κ3) is 6.44. The molecule has 0 radical (unpaired) electrons. The zero-order valence-corrected chi connectivity index (χ0v) is 20.7. The van der Waals surface area contributed by atoms with Crippen molar-refractivity contribution in [3.05, 3.63) is 69.7 Å². The van der Waals surface area contributed by atoms with Gasteiger partial charge in [-0.25, -0.2) is 0 Å². The fraction of sp³-hybridized carbons (Fsp3) is 0.364. The summed E-state index contributed by atoms with van der Waals surface area (Å²) < 4.78 is 1.12. The van der Waals surface area contributed by atoms with Gasteiger partial charge in [0.1, 0.15) is 0 Å². The fourth-order valence-electron chi connectivity index (χ4n) is 3.35. The Morgan fingerprint density at radius 2 is 1.90 bits per heavy atom. The van der Waals surface area contributed by atoms with Gasteiger partial charge in [-0.05, 0) is 54.7 Å². The quantitative estimate of drug-likeness (QED) is 0.269. The number of guanidine groups is 1. The molecule has 3 rings (SSSR count). The van der Waals surface area contributed by atoms with Crippen molar-refractivity contribution in [2.75, 3.05) is 27.2 Å². The van der Waals surface area contributed by atoms with E-state index in [1.165, 1.54) is 18.4 Å². The van der Waals surface area contributed by atoms with Gasteiger partial charge in [0.2, 0.25) is 0 Å². The smallest absolute Gasteiger partial charge is 0.251 e. The molecular formula is C22H28BrIN4O. The minimum absolute atomic E-state index is 0. The maximum Gasteiger partial charge on any atom is 0.251 e. The van der Waals surface area contributed by atoms with E-state index >= 15 is 0 Å². The summed E-state index contributed by atoms with van der Waals surface area (Å²) in [7, 11) is 3.44. The van der Waals surface area contributed by atoms with Crippen molar-refractivity contribution in [2.24, 2.45) is 4.99 Å². The molecule has 2 aromatic rings. The molecule has 0 atom stereocenters. The van der Waals surface area contributed by atoms with Crippen LogP contribution in [0.4, 0.5) is 0 Å². The van der Waals surface area contributed by atoms with E-state index in [-0.39, 0.29) is 35.3 Å². The molecule has 0 heterocycles. The number of carbonyl (C=O) groups is 1. The standard InChI is InChI=1S/C22H27BrN4O.HI/c1-24-20(28)17-6-3-5-16(13-17)9-12-26-21(25-2)27-15-22(10-11-22)18-7-4-8-19(23)14-18;/h3-8,13-14H,9-12,15H2,1-2H3,(H,24,28)(H2,25,26,27);1H. The first kappa shape index (κ1) is 23.7. The summed E-state index contributed by atoms with van der Waals surface area (Å²) in [6.07, 6.45) is 3.21. The number of hydrogen-bond acceptors (Lipinski definition) is 2. The van der Waals surface area contributed by atoms with Gasteiger partial charge < -0.3 is 16.0 Å². The Hall–Kier alpha value is -1.61. The number of rotatable bonds is 7. The van der Waals surface area contributed by atoms with Crippen LogP contribution in [-0.2, 0) is 11.8 Å². The summed E-state index contributed by atoms with van der Waals surface area (Å²) >= 11 is 3.57. The second-order valence-corrected chi connectivity index (χ2v) is 8.09. The number of benzene rings is 2. The summed E-state index contributed by atoms with van der Waals surface area (Å²) in [4.78, 5) is 16.1. The largest absolute Gasteiger partial charge is 0.356 e. The molecule has 156 valence electrons. The van der Waals surface area contributed by atoms with E-state index in [1.54, 1.807) is 14.1 Å². The lowest BCUT2D eigenvalue weighted by atomic mass is 9.96. The molecule has 29 heavy (non-hydrogen) atoms. The summed E-state index contributed by atoms with van der Waals surface area (Å²) in [6.45, 7) is 1.62. The van der Waals surface area contributed by atoms with Crippen LogP contribution in [0.3, 0.4) is 0 Å². The van der Waals surface area contributed by atoms with Gasteiger partial charge in [0.05, 0.1) is 0 Å². The summed E-state index contributed by atoms with van der Waals surface area (Å²) in [5.74, 6) is 0.748. The van der Waals surface area contributed by atoms with Crippen LogP contribution in [0.5, 0.6) is 0 Å². The van der Waals surface area contributed by atoms with Gasteiger partial charge in [-0.2, -0.15) is 0 Å². The molecule has 1 fully saturated rings. The molecule has 2 aromatic carbocycles. The van der Waals surface area contributed by atoms with Crippen LogP contribution in [0.1, 0.15) is 34.3 Å². The Balaban J connectivity index is 0.00000300. The molecule has 7 heteroatoms. The zero-order chi connectivity index (χ0) is 20.0. The van der Waals surface area contributed by atoms with Crippen LogP contribution in [0.25, 0.3) is 0 Å². The minimum atomic E-state index is -0.0606. The number of amides is 1. The highest BCUT2D eigenvalue weighted by atomic mass is 127. The van der Waals surface area contributed by atoms with Crippen molar-refractivity contribution < 1.29 is 4.79 Å². The summed E-state index contributed by atoms with van der Waals surface area (Å²) in [5, 5.41) is 9.51. The van der Waals surface area contributed by atoms with E-state index < -0.39 is 0 Å². The van der Waals surface area contributed by atoms with Crippen LogP contribution < -0.4 is 16.0 Å². The van der Waals surface area contributed by atoms with Crippen molar-refractivity contribution in [1.82, 2.24) is 16.0 Å². The van der Waals surface area contributed by atoms with Gasteiger partial charge in [0.25, 0.3) is 5.91 Å². The Morgan fingerprint density at radius 3 is 2.55 bits per heavy atom. The van der Waals surface area contributed by atoms with Crippen LogP contribution in [-0.4, -0.2) is 39.1 Å². The molecule has 3 N–H and O–H groups in total. The third-order valence-corrected chi connectivity index (χ3v) is 5.72. The highest BCUT2D eigenvalue weighted by molar-refractivity contribution is 14.0. The Kier molecular flexibility index (Phi) is 8.95. The van der Waals surface area contributed by atoms with Crippen LogP contribution in [0.2, 0.25) is 0 Å². The van der Waals surface area contributed by atoms with Crippen molar-refractivity contribution >= 4 is 51.8 Å². The highest BCUT2D eigenvalue weighted by Gasteiger charge is 2.44. The van der Waals surface area contributed by atoms with Crippen LogP contribution in [0.15, 0.2) is 58.0 Å². The van der Waals surface area contributed by atoms with Gasteiger partial charge >= 0.3 is 0 Å². The van der Waals surface area contributed by atoms with Gasteiger partial charge in [0, 0.05) is 42.6 Å². The molecule has 1 aliphatic rings. The fourth-order valence-corrected chi connectivity index (χ4v) is 3.75. The molecule has 0 aliphatic heterocycles. The average Bonchev–Trinajstić information content (AvgIpc) is 3.51. The Morgan fingerprint density at radius 1 is 1.14 bits per heavy atom. The van der Waals surface area contributed by atoms with Crippen molar-refractivity contribution in [3.8, 4) is 0 Å². The molecule has 1 aliphatic carbocycles. The molecule has 0 bridgehead atoms. The topological polar surface area (TPSA) is 65.5 Å². The second-order valence-electron chi connectivity index (χ2n) is 7.17. The van der Waals surface area contributed by atoms with Crippen molar-refractivity contribution in [2.45, 2.75) is 24.7 Å². The van der Waals surface area contributed by atoms with E-state index in [9.17, 15) is 4.79 Å². The molecule has 0 saturated heterocycles. The molecule has 0 unspecified atom stereocenters. The first-order valence-corrected chi connectivity index (χ1v) is 10.4. The number of halogens is 2. The predicted octanol–water partition coefficient (Wildman–Crippen LogP) is 3.87. The lowest BCUT2D eigenvalue weighted by Crippen LogP contribution is -2.42. The monoisotopic (exact) mass is 570 g/mol. The Bertz CT molecular complexity index is 867. The summed E-state index contributed by atoms with van der Waals surface area (Å²) in [6, 6.07) is 16.3. The first-order chi connectivity index (χ1) is 13.6. The lowest BCUT2D eigenvalue weighted by Gasteiger charge is -2.19. The maximum atomic E-state index is 11.8. The lowest BCUT2D eigenvalue weighted by molar-refractivity contribution is 0.0963. The van der Waals surface area contributed by atoms with E-state index in [4.69, 9.17) is 0 Å². The molecule has 5 nitrogen and oxygen atoms in total. The maximum absolute atomic E-state index is 11.8. The minimum Gasteiger partial charge on any atom is -0.356 e. The highest BCUT2D eigenvalue weighted by Crippen LogP contribution is 2.48. The van der Waals surface area contributed by atoms with E-state index in [0.29, 0.717) is 5.56 Å². The van der Waals surface area contributed by atoms with Gasteiger partial charge in [-0.1, -0.05) is 40.2 Å². The third-order valence-electron chi connectivity index (χ3n) is 5.23. The number of nitrogens with zero attached hydrogens (tertiary/aromatic N) is 1. The van der Waals surface area contributed by atoms with Gasteiger partial charge in [0.15, 0.2) is 5.96 Å².